The molecule has 0 aliphatic heterocycles. The Morgan fingerprint density at radius 3 is 2.45 bits per heavy atom. The van der Waals surface area contributed by atoms with E-state index >= 15 is 0 Å². The fraction of sp³-hybridized carbons (Fsp3) is 0.250. The molecule has 1 heterocycles. The number of benzene rings is 1. The van der Waals surface area contributed by atoms with Gasteiger partial charge in [-0.2, -0.15) is 4.73 Å². The van der Waals surface area contributed by atoms with Gasteiger partial charge in [0.2, 0.25) is 0 Å². The van der Waals surface area contributed by atoms with Crippen molar-refractivity contribution >= 4 is 5.91 Å². The highest BCUT2D eigenvalue weighted by atomic mass is 16.5. The van der Waals surface area contributed by atoms with Gasteiger partial charge in [-0.1, -0.05) is 0 Å². The lowest BCUT2D eigenvalue weighted by Gasteiger charge is -2.19. The maximum absolute atomic E-state index is 12.3. The lowest BCUT2D eigenvalue weighted by molar-refractivity contribution is -0.605. The zero-order valence-corrected chi connectivity index (χ0v) is 12.8. The summed E-state index contributed by atoms with van der Waals surface area (Å²) in [5.41, 5.74) is 1.33. The van der Waals surface area contributed by atoms with E-state index in [0.29, 0.717) is 28.3 Å². The summed E-state index contributed by atoms with van der Waals surface area (Å²) < 4.78 is 11.1. The third-order valence-electron chi connectivity index (χ3n) is 3.30. The molecule has 6 nitrogen and oxygen atoms in total. The Balaban J connectivity index is 2.16. The fourth-order valence-corrected chi connectivity index (χ4v) is 2.09. The van der Waals surface area contributed by atoms with E-state index < -0.39 is 0 Å². The smallest absolute Gasteiger partial charge is 0.254 e. The first-order valence-corrected chi connectivity index (χ1v) is 6.70. The van der Waals surface area contributed by atoms with Crippen LogP contribution in [0.2, 0.25) is 0 Å². The standard InChI is InChI=1S/C16H18N2O4/c1-17(16(19)12-6-8-18(20)9-7-12)11-13-4-5-14(21-2)10-15(13)22-3/h4-10H,11H2,1-3H3. The van der Waals surface area contributed by atoms with Crippen LogP contribution in [-0.2, 0) is 6.54 Å². The number of nitrogens with zero attached hydrogens (tertiary/aromatic N) is 2. The molecule has 0 atom stereocenters. The normalized spacial score (nSPS) is 10.1. The van der Waals surface area contributed by atoms with Gasteiger partial charge >= 0.3 is 0 Å². The van der Waals surface area contributed by atoms with Crippen LogP contribution in [0.15, 0.2) is 42.7 Å². The van der Waals surface area contributed by atoms with Gasteiger partial charge in [0.15, 0.2) is 12.4 Å². The van der Waals surface area contributed by atoms with Crippen LogP contribution in [-0.4, -0.2) is 32.1 Å². The van der Waals surface area contributed by atoms with E-state index in [4.69, 9.17) is 9.47 Å². The van der Waals surface area contributed by atoms with Gasteiger partial charge < -0.3 is 19.6 Å². The van der Waals surface area contributed by atoms with Crippen LogP contribution in [0.1, 0.15) is 15.9 Å². The van der Waals surface area contributed by atoms with Crippen LogP contribution in [0.3, 0.4) is 0 Å². The predicted octanol–water partition coefficient (Wildman–Crippen LogP) is 1.61. The number of carbonyl (C=O) groups is 1. The SMILES string of the molecule is COc1ccc(CN(C)C(=O)c2cc[n+]([O-])cc2)c(OC)c1. The minimum Gasteiger partial charge on any atom is -0.619 e. The number of aromatic nitrogens is 1. The summed E-state index contributed by atoms with van der Waals surface area (Å²) in [6, 6.07) is 8.45. The summed E-state index contributed by atoms with van der Waals surface area (Å²) in [5.74, 6) is 1.18. The van der Waals surface area contributed by atoms with Crippen LogP contribution < -0.4 is 14.2 Å². The molecule has 1 aromatic carbocycles. The largest absolute Gasteiger partial charge is 0.619 e. The Bertz CT molecular complexity index is 656. The Labute approximate surface area is 129 Å². The Morgan fingerprint density at radius 1 is 1.18 bits per heavy atom. The minimum atomic E-state index is -0.168. The van der Waals surface area contributed by atoms with Crippen molar-refractivity contribution in [3.63, 3.8) is 0 Å². The van der Waals surface area contributed by atoms with Gasteiger partial charge in [-0.3, -0.25) is 4.79 Å². The molecule has 22 heavy (non-hydrogen) atoms. The van der Waals surface area contributed by atoms with Gasteiger partial charge in [-0.25, -0.2) is 0 Å². The molecule has 2 rings (SSSR count). The number of rotatable bonds is 5. The van der Waals surface area contributed by atoms with E-state index in [9.17, 15) is 10.0 Å². The number of methoxy groups -OCH3 is 2. The Morgan fingerprint density at radius 2 is 1.86 bits per heavy atom. The molecule has 0 N–H and O–H groups in total. The molecule has 2 aromatic rings. The zero-order chi connectivity index (χ0) is 16.1. The van der Waals surface area contributed by atoms with Crippen molar-refractivity contribution in [2.75, 3.05) is 21.3 Å². The number of carbonyl (C=O) groups excluding carboxylic acids is 1. The number of ether oxygens (including phenoxy) is 2. The molecular formula is C16H18N2O4. The molecule has 0 aliphatic rings. The van der Waals surface area contributed by atoms with Gasteiger partial charge in [0.1, 0.15) is 11.5 Å². The first-order valence-electron chi connectivity index (χ1n) is 6.70. The lowest BCUT2D eigenvalue weighted by Crippen LogP contribution is -2.29. The van der Waals surface area contributed by atoms with Crippen molar-refractivity contribution in [1.29, 1.82) is 0 Å². The molecule has 0 saturated heterocycles. The molecule has 1 aromatic heterocycles. The molecule has 0 spiro atoms. The second-order valence-corrected chi connectivity index (χ2v) is 4.79. The van der Waals surface area contributed by atoms with E-state index in [1.165, 1.54) is 24.5 Å². The predicted molar refractivity (Wildman–Crippen MR) is 80.7 cm³/mol. The van der Waals surface area contributed by atoms with Crippen LogP contribution in [0.5, 0.6) is 11.5 Å². The molecule has 116 valence electrons. The highest BCUT2D eigenvalue weighted by molar-refractivity contribution is 5.93. The molecule has 0 unspecified atom stereocenters. The van der Waals surface area contributed by atoms with Crippen molar-refractivity contribution in [3.05, 3.63) is 59.1 Å². The van der Waals surface area contributed by atoms with Crippen molar-refractivity contribution < 1.29 is 19.0 Å². The average Bonchev–Trinajstić information content (AvgIpc) is 2.55. The van der Waals surface area contributed by atoms with E-state index in [1.54, 1.807) is 32.2 Å². The molecule has 0 bridgehead atoms. The highest BCUT2D eigenvalue weighted by Gasteiger charge is 2.15. The molecule has 0 radical (unpaired) electrons. The minimum absolute atomic E-state index is 0.168. The van der Waals surface area contributed by atoms with E-state index in [1.807, 2.05) is 12.1 Å². The van der Waals surface area contributed by atoms with Crippen molar-refractivity contribution in [2.24, 2.45) is 0 Å². The summed E-state index contributed by atoms with van der Waals surface area (Å²) in [4.78, 5) is 13.9. The monoisotopic (exact) mass is 302 g/mol. The van der Waals surface area contributed by atoms with Crippen molar-refractivity contribution in [3.8, 4) is 11.5 Å². The van der Waals surface area contributed by atoms with Crippen LogP contribution in [0, 0.1) is 5.21 Å². The topological polar surface area (TPSA) is 65.7 Å². The van der Waals surface area contributed by atoms with Crippen LogP contribution >= 0.6 is 0 Å². The Kier molecular flexibility index (Phi) is 4.83. The molecule has 6 heteroatoms. The van der Waals surface area contributed by atoms with E-state index in [2.05, 4.69) is 0 Å². The highest BCUT2D eigenvalue weighted by Crippen LogP contribution is 2.25. The molecular weight excluding hydrogens is 284 g/mol. The third kappa shape index (κ3) is 3.46. The van der Waals surface area contributed by atoms with Gasteiger partial charge in [0.05, 0.1) is 19.8 Å². The number of hydrogen-bond acceptors (Lipinski definition) is 4. The number of amides is 1. The summed E-state index contributed by atoms with van der Waals surface area (Å²) in [7, 11) is 4.86. The van der Waals surface area contributed by atoms with Gasteiger partial charge in [-0.15, -0.1) is 0 Å². The van der Waals surface area contributed by atoms with Crippen LogP contribution in [0.25, 0.3) is 0 Å². The molecule has 0 aliphatic carbocycles. The first-order chi connectivity index (χ1) is 10.5. The lowest BCUT2D eigenvalue weighted by atomic mass is 10.1. The summed E-state index contributed by atoms with van der Waals surface area (Å²) in [5, 5.41) is 11.0. The van der Waals surface area contributed by atoms with E-state index in [-0.39, 0.29) is 5.91 Å². The van der Waals surface area contributed by atoms with Crippen molar-refractivity contribution in [1.82, 2.24) is 4.90 Å². The molecule has 1 amide bonds. The number of hydrogen-bond donors (Lipinski definition) is 0. The van der Waals surface area contributed by atoms with Gasteiger partial charge in [0.25, 0.3) is 5.91 Å². The quantitative estimate of drug-likeness (QED) is 0.622. The second kappa shape index (κ2) is 6.80. The summed E-state index contributed by atoms with van der Waals surface area (Å²) in [6.45, 7) is 0.387. The maximum atomic E-state index is 12.3. The summed E-state index contributed by atoms with van der Waals surface area (Å²) in [6.07, 6.45) is 2.60. The first kappa shape index (κ1) is 15.6. The molecule has 0 fully saturated rings. The number of pyridine rings is 1. The third-order valence-corrected chi connectivity index (χ3v) is 3.30. The van der Waals surface area contributed by atoms with Crippen molar-refractivity contribution in [2.45, 2.75) is 6.54 Å². The average molecular weight is 302 g/mol. The van der Waals surface area contributed by atoms with Gasteiger partial charge in [-0.05, 0) is 12.1 Å². The zero-order valence-electron chi connectivity index (χ0n) is 12.8. The Hall–Kier alpha value is -2.76. The van der Waals surface area contributed by atoms with Crippen LogP contribution in [0.4, 0.5) is 0 Å². The maximum Gasteiger partial charge on any atom is 0.254 e. The van der Waals surface area contributed by atoms with Gasteiger partial charge in [0, 0.05) is 37.4 Å². The fourth-order valence-electron chi connectivity index (χ4n) is 2.09. The second-order valence-electron chi connectivity index (χ2n) is 4.79. The van der Waals surface area contributed by atoms with E-state index in [0.717, 1.165) is 5.56 Å². The molecule has 0 saturated carbocycles. The summed E-state index contributed by atoms with van der Waals surface area (Å²) >= 11 is 0.